The van der Waals surface area contributed by atoms with Gasteiger partial charge in [0.2, 0.25) is 11.8 Å². The minimum absolute atomic E-state index is 0.0154. The molecular formula is C20H22N2O2S. The van der Waals surface area contributed by atoms with E-state index in [0.29, 0.717) is 12.2 Å². The average molecular weight is 354 g/mol. The molecule has 4 nitrogen and oxygen atoms in total. The van der Waals surface area contributed by atoms with E-state index in [1.165, 1.54) is 11.1 Å². The van der Waals surface area contributed by atoms with Crippen molar-refractivity contribution in [1.29, 1.82) is 0 Å². The Labute approximate surface area is 152 Å². The Hall–Kier alpha value is -2.27. The largest absolute Gasteiger partial charge is 0.326 e. The first-order chi connectivity index (χ1) is 12.0. The van der Waals surface area contributed by atoms with Crippen LogP contribution in [0.1, 0.15) is 35.4 Å². The van der Waals surface area contributed by atoms with Gasteiger partial charge < -0.3 is 5.32 Å². The van der Waals surface area contributed by atoms with Crippen LogP contribution in [0, 0.1) is 13.8 Å². The Morgan fingerprint density at radius 3 is 2.72 bits per heavy atom. The highest BCUT2D eigenvalue weighted by Gasteiger charge is 2.34. The van der Waals surface area contributed by atoms with Gasteiger partial charge in [-0.2, -0.15) is 0 Å². The van der Waals surface area contributed by atoms with Crippen molar-refractivity contribution in [2.45, 2.75) is 32.6 Å². The number of rotatable bonds is 4. The molecule has 0 saturated carbocycles. The Morgan fingerprint density at radius 1 is 1.20 bits per heavy atom. The molecule has 25 heavy (non-hydrogen) atoms. The number of benzene rings is 2. The second-order valence-electron chi connectivity index (χ2n) is 6.22. The Balaban J connectivity index is 1.92. The first kappa shape index (κ1) is 17.5. The standard InChI is InChI=1S/C20H22N2O2S/c1-4-18(23)21-16-7-5-6-15(11-16)20-22(19(24)12-25-20)17-9-8-13(2)14(3)10-17/h5-11,20H,4,12H2,1-3H3,(H,21,23)/t20-/m1/s1. The quantitative estimate of drug-likeness (QED) is 0.883. The molecule has 2 aromatic carbocycles. The molecule has 0 unspecified atom stereocenters. The maximum absolute atomic E-state index is 12.5. The fourth-order valence-electron chi connectivity index (χ4n) is 2.84. The molecule has 1 aliphatic heterocycles. The minimum atomic E-state index is -0.0758. The van der Waals surface area contributed by atoms with Gasteiger partial charge in [-0.15, -0.1) is 11.8 Å². The molecule has 1 N–H and O–H groups in total. The fourth-order valence-corrected chi connectivity index (χ4v) is 4.01. The summed E-state index contributed by atoms with van der Waals surface area (Å²) in [5.41, 5.74) is 5.09. The van der Waals surface area contributed by atoms with Gasteiger partial charge >= 0.3 is 0 Å². The molecule has 1 aliphatic rings. The number of carbonyl (C=O) groups is 2. The lowest BCUT2D eigenvalue weighted by Gasteiger charge is -2.25. The molecule has 1 saturated heterocycles. The number of thioether (sulfide) groups is 1. The van der Waals surface area contributed by atoms with Crippen LogP contribution >= 0.6 is 11.8 Å². The monoisotopic (exact) mass is 354 g/mol. The lowest BCUT2D eigenvalue weighted by molar-refractivity contribution is -0.116. The van der Waals surface area contributed by atoms with Crippen molar-refractivity contribution in [3.8, 4) is 0 Å². The van der Waals surface area contributed by atoms with Crippen LogP contribution in [0.15, 0.2) is 42.5 Å². The van der Waals surface area contributed by atoms with Crippen molar-refractivity contribution in [3.05, 3.63) is 59.2 Å². The predicted molar refractivity (Wildman–Crippen MR) is 104 cm³/mol. The number of anilines is 2. The molecule has 1 atom stereocenters. The van der Waals surface area contributed by atoms with Crippen molar-refractivity contribution in [1.82, 2.24) is 0 Å². The number of carbonyl (C=O) groups excluding carboxylic acids is 2. The highest BCUT2D eigenvalue weighted by Crippen LogP contribution is 2.42. The average Bonchev–Trinajstić information content (AvgIpc) is 2.99. The van der Waals surface area contributed by atoms with E-state index in [0.717, 1.165) is 16.9 Å². The number of hydrogen-bond acceptors (Lipinski definition) is 3. The van der Waals surface area contributed by atoms with Gasteiger partial charge in [-0.25, -0.2) is 0 Å². The summed E-state index contributed by atoms with van der Waals surface area (Å²) in [5.74, 6) is 0.558. The molecule has 0 spiro atoms. The summed E-state index contributed by atoms with van der Waals surface area (Å²) in [6.45, 7) is 5.95. The number of nitrogens with zero attached hydrogens (tertiary/aromatic N) is 1. The van der Waals surface area contributed by atoms with Gasteiger partial charge in [0.1, 0.15) is 5.37 Å². The minimum Gasteiger partial charge on any atom is -0.326 e. The summed E-state index contributed by atoms with van der Waals surface area (Å²) in [5, 5.41) is 2.81. The molecule has 2 amide bonds. The normalized spacial score (nSPS) is 17.0. The van der Waals surface area contributed by atoms with Crippen LogP contribution in [0.3, 0.4) is 0 Å². The van der Waals surface area contributed by atoms with Gasteiger partial charge in [-0.05, 0) is 54.8 Å². The summed E-state index contributed by atoms with van der Waals surface area (Å²) >= 11 is 1.61. The Kier molecular flexibility index (Phi) is 5.13. The first-order valence-corrected chi connectivity index (χ1v) is 9.45. The highest BCUT2D eigenvalue weighted by atomic mass is 32.2. The summed E-state index contributed by atoms with van der Waals surface area (Å²) in [6, 6.07) is 13.9. The van der Waals surface area contributed by atoms with E-state index < -0.39 is 0 Å². The topological polar surface area (TPSA) is 49.4 Å². The molecule has 2 aromatic rings. The summed E-state index contributed by atoms with van der Waals surface area (Å²) in [6.07, 6.45) is 0.440. The van der Waals surface area contributed by atoms with Gasteiger partial charge in [0.15, 0.2) is 0 Å². The van der Waals surface area contributed by atoms with E-state index in [1.807, 2.05) is 42.2 Å². The number of aryl methyl sites for hydroxylation is 2. The lowest BCUT2D eigenvalue weighted by Crippen LogP contribution is -2.28. The van der Waals surface area contributed by atoms with Crippen molar-refractivity contribution in [3.63, 3.8) is 0 Å². The molecule has 0 aliphatic carbocycles. The molecule has 0 radical (unpaired) electrons. The van der Waals surface area contributed by atoms with Crippen LogP contribution < -0.4 is 10.2 Å². The van der Waals surface area contributed by atoms with Crippen LogP contribution in [0.2, 0.25) is 0 Å². The fraction of sp³-hybridized carbons (Fsp3) is 0.300. The second kappa shape index (κ2) is 7.31. The molecular weight excluding hydrogens is 332 g/mol. The third-order valence-corrected chi connectivity index (χ3v) is 5.63. The third kappa shape index (κ3) is 3.71. The SMILES string of the molecule is CCC(=O)Nc1cccc([C@H]2SCC(=O)N2c2ccc(C)c(C)c2)c1. The van der Waals surface area contributed by atoms with Crippen molar-refractivity contribution < 1.29 is 9.59 Å². The molecule has 1 heterocycles. The second-order valence-corrected chi connectivity index (χ2v) is 7.29. The van der Waals surface area contributed by atoms with Gasteiger partial charge in [-0.3, -0.25) is 14.5 Å². The zero-order valence-electron chi connectivity index (χ0n) is 14.7. The van der Waals surface area contributed by atoms with Crippen LogP contribution in [-0.2, 0) is 9.59 Å². The van der Waals surface area contributed by atoms with Gasteiger partial charge in [0.25, 0.3) is 0 Å². The van der Waals surface area contributed by atoms with Gasteiger partial charge in [-0.1, -0.05) is 25.1 Å². The molecule has 5 heteroatoms. The summed E-state index contributed by atoms with van der Waals surface area (Å²) < 4.78 is 0. The lowest BCUT2D eigenvalue weighted by atomic mass is 10.1. The molecule has 0 aromatic heterocycles. The molecule has 0 bridgehead atoms. The van der Waals surface area contributed by atoms with Gasteiger partial charge in [0, 0.05) is 17.8 Å². The van der Waals surface area contributed by atoms with E-state index in [4.69, 9.17) is 0 Å². The molecule has 3 rings (SSSR count). The van der Waals surface area contributed by atoms with Gasteiger partial charge in [0.05, 0.1) is 5.75 Å². The molecule has 130 valence electrons. The van der Waals surface area contributed by atoms with E-state index in [9.17, 15) is 9.59 Å². The van der Waals surface area contributed by atoms with Crippen LogP contribution in [0.4, 0.5) is 11.4 Å². The zero-order valence-corrected chi connectivity index (χ0v) is 15.5. The zero-order chi connectivity index (χ0) is 18.0. The van der Waals surface area contributed by atoms with Crippen molar-refractivity contribution >= 4 is 35.0 Å². The van der Waals surface area contributed by atoms with Crippen molar-refractivity contribution in [2.75, 3.05) is 16.0 Å². The maximum Gasteiger partial charge on any atom is 0.238 e. The van der Waals surface area contributed by atoms with Crippen LogP contribution in [0.25, 0.3) is 0 Å². The summed E-state index contributed by atoms with van der Waals surface area (Å²) in [4.78, 5) is 26.0. The van der Waals surface area contributed by atoms with Crippen LogP contribution in [-0.4, -0.2) is 17.6 Å². The van der Waals surface area contributed by atoms with E-state index in [1.54, 1.807) is 11.8 Å². The third-order valence-electron chi connectivity index (χ3n) is 4.41. The maximum atomic E-state index is 12.5. The number of hydrogen-bond donors (Lipinski definition) is 1. The highest BCUT2D eigenvalue weighted by molar-refractivity contribution is 8.00. The predicted octanol–water partition coefficient (Wildman–Crippen LogP) is 4.43. The van der Waals surface area contributed by atoms with E-state index in [-0.39, 0.29) is 17.2 Å². The smallest absolute Gasteiger partial charge is 0.238 e. The first-order valence-electron chi connectivity index (χ1n) is 8.40. The van der Waals surface area contributed by atoms with E-state index >= 15 is 0 Å². The number of nitrogens with one attached hydrogen (secondary N) is 1. The Morgan fingerprint density at radius 2 is 2.00 bits per heavy atom. The Bertz CT molecular complexity index is 819. The van der Waals surface area contributed by atoms with Crippen molar-refractivity contribution in [2.24, 2.45) is 0 Å². The summed E-state index contributed by atoms with van der Waals surface area (Å²) in [7, 11) is 0. The number of amides is 2. The van der Waals surface area contributed by atoms with Crippen LogP contribution in [0.5, 0.6) is 0 Å². The molecule has 1 fully saturated rings. The van der Waals surface area contributed by atoms with E-state index in [2.05, 4.69) is 31.3 Å².